The van der Waals surface area contributed by atoms with Crippen LogP contribution in [0.5, 0.6) is 0 Å². The van der Waals surface area contributed by atoms with Gasteiger partial charge in [-0.1, -0.05) is 11.6 Å². The van der Waals surface area contributed by atoms with Crippen molar-refractivity contribution in [1.82, 2.24) is 4.57 Å². The summed E-state index contributed by atoms with van der Waals surface area (Å²) in [5, 5.41) is 1.69. The lowest BCUT2D eigenvalue weighted by atomic mass is 10.2. The molecule has 0 atom stereocenters. The van der Waals surface area contributed by atoms with Crippen LogP contribution in [0, 0.1) is 5.82 Å². The molecule has 1 aromatic heterocycles. The van der Waals surface area contributed by atoms with E-state index in [1.807, 2.05) is 0 Å². The molecule has 1 aromatic carbocycles. The van der Waals surface area contributed by atoms with E-state index in [4.69, 9.17) is 11.6 Å². The number of benzene rings is 1. The second-order valence-electron chi connectivity index (χ2n) is 4.56. The maximum absolute atomic E-state index is 12.7. The summed E-state index contributed by atoms with van der Waals surface area (Å²) >= 11 is 5.48. The Balaban J connectivity index is 2.22. The van der Waals surface area contributed by atoms with Crippen LogP contribution in [0.15, 0.2) is 41.3 Å². The number of carbonyl (C=O) groups excluding carboxylic acids is 1. The molecule has 0 saturated carbocycles. The maximum atomic E-state index is 12.7. The molecule has 1 amide bonds. The molecule has 0 aliphatic rings. The molecule has 122 valence electrons. The van der Waals surface area contributed by atoms with Gasteiger partial charge in [0, 0.05) is 11.9 Å². The summed E-state index contributed by atoms with van der Waals surface area (Å²) in [6.45, 7) is -0.667. The average molecular weight is 349 g/mol. The number of aromatic nitrogens is 1. The van der Waals surface area contributed by atoms with Gasteiger partial charge in [0.1, 0.15) is 17.4 Å². The SMILES string of the molecule is O=C(Cn1cc(C(F)(F)F)cc(Cl)c1=O)Nc1ccc(F)cc1. The van der Waals surface area contributed by atoms with Gasteiger partial charge >= 0.3 is 6.18 Å². The molecule has 2 rings (SSSR count). The zero-order chi connectivity index (χ0) is 17.2. The molecule has 0 unspecified atom stereocenters. The van der Waals surface area contributed by atoms with Crippen LogP contribution in [-0.2, 0) is 17.5 Å². The standard InChI is InChI=1S/C14H9ClF4N2O2/c15-11-5-8(14(17,18)19)6-21(13(11)23)7-12(22)20-10-3-1-9(16)2-4-10/h1-6H,7H2,(H,20,22). The molecule has 2 aromatic rings. The Morgan fingerprint density at radius 3 is 2.39 bits per heavy atom. The predicted octanol–water partition coefficient (Wildman–Crippen LogP) is 3.30. The van der Waals surface area contributed by atoms with Crippen molar-refractivity contribution in [2.75, 3.05) is 5.32 Å². The van der Waals surface area contributed by atoms with E-state index in [1.165, 1.54) is 12.1 Å². The quantitative estimate of drug-likeness (QED) is 0.865. The molecule has 23 heavy (non-hydrogen) atoms. The summed E-state index contributed by atoms with van der Waals surface area (Å²) in [5.41, 5.74) is -1.83. The van der Waals surface area contributed by atoms with Gasteiger partial charge in [-0.2, -0.15) is 13.2 Å². The highest BCUT2D eigenvalue weighted by Crippen LogP contribution is 2.29. The fourth-order valence-electron chi connectivity index (χ4n) is 1.76. The highest BCUT2D eigenvalue weighted by molar-refractivity contribution is 6.30. The lowest BCUT2D eigenvalue weighted by Crippen LogP contribution is -2.29. The van der Waals surface area contributed by atoms with Gasteiger partial charge < -0.3 is 9.88 Å². The van der Waals surface area contributed by atoms with Crippen molar-refractivity contribution >= 4 is 23.2 Å². The Morgan fingerprint density at radius 2 is 1.83 bits per heavy atom. The molecule has 0 spiro atoms. The molecular weight excluding hydrogens is 340 g/mol. The third kappa shape index (κ3) is 4.32. The molecular formula is C14H9ClF4N2O2. The van der Waals surface area contributed by atoms with Crippen LogP contribution in [-0.4, -0.2) is 10.5 Å². The van der Waals surface area contributed by atoms with Crippen LogP contribution in [0.3, 0.4) is 0 Å². The van der Waals surface area contributed by atoms with Gasteiger partial charge in [0.25, 0.3) is 5.56 Å². The molecule has 0 saturated heterocycles. The molecule has 0 fully saturated rings. The van der Waals surface area contributed by atoms with Gasteiger partial charge in [-0.05, 0) is 30.3 Å². The van der Waals surface area contributed by atoms with Crippen LogP contribution in [0.4, 0.5) is 23.2 Å². The van der Waals surface area contributed by atoms with Gasteiger partial charge in [0.2, 0.25) is 5.91 Å². The highest BCUT2D eigenvalue weighted by Gasteiger charge is 2.32. The number of nitrogens with zero attached hydrogens (tertiary/aromatic N) is 1. The second kappa shape index (κ2) is 6.41. The fourth-order valence-corrected chi connectivity index (χ4v) is 1.99. The first-order valence-electron chi connectivity index (χ1n) is 6.19. The highest BCUT2D eigenvalue weighted by atomic mass is 35.5. The maximum Gasteiger partial charge on any atom is 0.417 e. The van der Waals surface area contributed by atoms with Crippen molar-refractivity contribution in [3.63, 3.8) is 0 Å². The van der Waals surface area contributed by atoms with E-state index in [9.17, 15) is 27.2 Å². The van der Waals surface area contributed by atoms with E-state index >= 15 is 0 Å². The summed E-state index contributed by atoms with van der Waals surface area (Å²) in [7, 11) is 0. The molecule has 0 aliphatic heterocycles. The van der Waals surface area contributed by atoms with Crippen molar-refractivity contribution in [1.29, 1.82) is 0 Å². The number of rotatable bonds is 3. The normalized spacial score (nSPS) is 11.3. The monoisotopic (exact) mass is 348 g/mol. The number of alkyl halides is 3. The van der Waals surface area contributed by atoms with Gasteiger partial charge in [0.15, 0.2) is 0 Å². The van der Waals surface area contributed by atoms with E-state index in [2.05, 4.69) is 5.32 Å². The molecule has 1 heterocycles. The van der Waals surface area contributed by atoms with Gasteiger partial charge in [-0.25, -0.2) is 4.39 Å². The van der Waals surface area contributed by atoms with Crippen molar-refractivity contribution in [3.8, 4) is 0 Å². The van der Waals surface area contributed by atoms with E-state index < -0.39 is 40.6 Å². The first-order valence-corrected chi connectivity index (χ1v) is 6.57. The minimum absolute atomic E-state index is 0.238. The minimum atomic E-state index is -4.70. The Hall–Kier alpha value is -2.35. The van der Waals surface area contributed by atoms with Crippen LogP contribution in [0.25, 0.3) is 0 Å². The summed E-state index contributed by atoms with van der Waals surface area (Å²) in [6, 6.07) is 5.24. The van der Waals surface area contributed by atoms with E-state index in [0.717, 1.165) is 12.1 Å². The number of pyridine rings is 1. The zero-order valence-corrected chi connectivity index (χ0v) is 12.1. The summed E-state index contributed by atoms with van der Waals surface area (Å²) in [6.07, 6.45) is -4.19. The number of hydrogen-bond acceptors (Lipinski definition) is 2. The number of amides is 1. The lowest BCUT2D eigenvalue weighted by molar-refractivity contribution is -0.138. The number of halogens is 5. The second-order valence-corrected chi connectivity index (χ2v) is 4.97. The Morgan fingerprint density at radius 1 is 1.22 bits per heavy atom. The average Bonchev–Trinajstić information content (AvgIpc) is 2.45. The Labute approximate surface area is 132 Å². The summed E-state index contributed by atoms with van der Waals surface area (Å²) in [4.78, 5) is 23.5. The van der Waals surface area contributed by atoms with Crippen LogP contribution in [0.2, 0.25) is 5.02 Å². The number of hydrogen-bond donors (Lipinski definition) is 1. The fraction of sp³-hybridized carbons (Fsp3) is 0.143. The van der Waals surface area contributed by atoms with Crippen molar-refractivity contribution in [2.45, 2.75) is 12.7 Å². The number of carbonyl (C=O) groups is 1. The van der Waals surface area contributed by atoms with Crippen molar-refractivity contribution in [3.05, 3.63) is 63.3 Å². The molecule has 0 radical (unpaired) electrons. The molecule has 0 bridgehead atoms. The topological polar surface area (TPSA) is 51.1 Å². The van der Waals surface area contributed by atoms with E-state index in [0.29, 0.717) is 16.8 Å². The Bertz CT molecular complexity index is 785. The predicted molar refractivity (Wildman–Crippen MR) is 75.7 cm³/mol. The largest absolute Gasteiger partial charge is 0.417 e. The molecule has 0 aliphatic carbocycles. The zero-order valence-electron chi connectivity index (χ0n) is 11.3. The van der Waals surface area contributed by atoms with Gasteiger partial charge in [-0.3, -0.25) is 9.59 Å². The Kier molecular flexibility index (Phi) is 4.74. The third-order valence-corrected chi connectivity index (χ3v) is 3.08. The third-order valence-electron chi connectivity index (χ3n) is 2.81. The molecule has 4 nitrogen and oxygen atoms in total. The minimum Gasteiger partial charge on any atom is -0.325 e. The summed E-state index contributed by atoms with van der Waals surface area (Å²) < 4.78 is 51.4. The van der Waals surface area contributed by atoms with E-state index in [-0.39, 0.29) is 5.69 Å². The van der Waals surface area contributed by atoms with Crippen molar-refractivity contribution < 1.29 is 22.4 Å². The first-order chi connectivity index (χ1) is 10.7. The van der Waals surface area contributed by atoms with Crippen LogP contribution < -0.4 is 10.9 Å². The molecule has 9 heteroatoms. The van der Waals surface area contributed by atoms with Crippen LogP contribution in [0.1, 0.15) is 5.56 Å². The van der Waals surface area contributed by atoms with Gasteiger partial charge in [0.05, 0.1) is 5.56 Å². The van der Waals surface area contributed by atoms with Crippen molar-refractivity contribution in [2.24, 2.45) is 0 Å². The number of anilines is 1. The summed E-state index contributed by atoms with van der Waals surface area (Å²) in [5.74, 6) is -1.27. The van der Waals surface area contributed by atoms with Gasteiger partial charge in [-0.15, -0.1) is 0 Å². The smallest absolute Gasteiger partial charge is 0.325 e. The lowest BCUT2D eigenvalue weighted by Gasteiger charge is -2.12. The van der Waals surface area contributed by atoms with Crippen LogP contribution >= 0.6 is 11.6 Å². The molecule has 1 N–H and O–H groups in total. The van der Waals surface area contributed by atoms with E-state index in [1.54, 1.807) is 0 Å². The first kappa shape index (κ1) is 17.0. The number of nitrogens with one attached hydrogen (secondary N) is 1.